The number of halogens is 1. The third-order valence-electron chi connectivity index (χ3n) is 5.34. The van der Waals surface area contributed by atoms with E-state index in [4.69, 9.17) is 25.8 Å². The van der Waals surface area contributed by atoms with Gasteiger partial charge in [-0.3, -0.25) is 14.5 Å². The van der Waals surface area contributed by atoms with Gasteiger partial charge in [0.25, 0.3) is 5.91 Å². The van der Waals surface area contributed by atoms with Crippen molar-refractivity contribution in [2.75, 3.05) is 32.2 Å². The molecule has 2 aliphatic rings. The van der Waals surface area contributed by atoms with Crippen molar-refractivity contribution in [3.05, 3.63) is 47.0 Å². The van der Waals surface area contributed by atoms with Gasteiger partial charge in [-0.2, -0.15) is 0 Å². The number of urea groups is 1. The van der Waals surface area contributed by atoms with Gasteiger partial charge in [0.15, 0.2) is 11.5 Å². The molecule has 2 aliphatic heterocycles. The van der Waals surface area contributed by atoms with Gasteiger partial charge in [-0.15, -0.1) is 0 Å². The van der Waals surface area contributed by atoms with Gasteiger partial charge in [0.05, 0.1) is 26.0 Å². The molecule has 1 atom stereocenters. The molecule has 2 N–H and O–H groups in total. The fourth-order valence-corrected chi connectivity index (χ4v) is 3.79. The van der Waals surface area contributed by atoms with Crippen LogP contribution in [0.2, 0.25) is 5.02 Å². The Morgan fingerprint density at radius 1 is 1.19 bits per heavy atom. The minimum absolute atomic E-state index is 0.336. The summed E-state index contributed by atoms with van der Waals surface area (Å²) in [6.07, 6.45) is 0.747. The quantitative estimate of drug-likeness (QED) is 0.666. The summed E-state index contributed by atoms with van der Waals surface area (Å²) >= 11 is 5.99. The average molecular weight is 460 g/mol. The van der Waals surface area contributed by atoms with Crippen LogP contribution in [0.15, 0.2) is 36.4 Å². The predicted octanol–water partition coefficient (Wildman–Crippen LogP) is 2.92. The molecule has 0 radical (unpaired) electrons. The summed E-state index contributed by atoms with van der Waals surface area (Å²) < 4.78 is 16.5. The molecule has 0 aliphatic carbocycles. The number of carbonyl (C=O) groups is 3. The maximum absolute atomic E-state index is 13.2. The van der Waals surface area contributed by atoms with E-state index >= 15 is 0 Å². The predicted molar refractivity (Wildman–Crippen MR) is 116 cm³/mol. The van der Waals surface area contributed by atoms with E-state index in [1.54, 1.807) is 37.3 Å². The molecule has 2 aromatic carbocycles. The van der Waals surface area contributed by atoms with E-state index in [1.165, 1.54) is 13.2 Å². The topological polar surface area (TPSA) is 106 Å². The van der Waals surface area contributed by atoms with Gasteiger partial charge in [-0.1, -0.05) is 17.7 Å². The first-order valence-electron chi connectivity index (χ1n) is 9.99. The molecule has 2 heterocycles. The van der Waals surface area contributed by atoms with Crippen LogP contribution in [0.25, 0.3) is 0 Å². The molecule has 2 aromatic rings. The molecular weight excluding hydrogens is 438 g/mol. The summed E-state index contributed by atoms with van der Waals surface area (Å²) in [7, 11) is 1.46. The van der Waals surface area contributed by atoms with Gasteiger partial charge in [-0.25, -0.2) is 4.79 Å². The molecular formula is C22H22ClN3O6. The Kier molecular flexibility index (Phi) is 5.84. The van der Waals surface area contributed by atoms with Crippen LogP contribution in [0.3, 0.4) is 0 Å². The molecule has 32 heavy (non-hydrogen) atoms. The Bertz CT molecular complexity index is 1090. The van der Waals surface area contributed by atoms with Crippen LogP contribution < -0.4 is 24.8 Å². The van der Waals surface area contributed by atoms with E-state index in [2.05, 4.69) is 10.6 Å². The van der Waals surface area contributed by atoms with Crippen LogP contribution >= 0.6 is 11.6 Å². The minimum Gasteiger partial charge on any atom is -0.495 e. The highest BCUT2D eigenvalue weighted by atomic mass is 35.5. The van der Waals surface area contributed by atoms with Crippen LogP contribution in [-0.4, -0.2) is 49.6 Å². The Balaban J connectivity index is 1.52. The van der Waals surface area contributed by atoms with Crippen LogP contribution in [0.1, 0.15) is 18.9 Å². The summed E-state index contributed by atoms with van der Waals surface area (Å²) in [6, 6.07) is 9.16. The maximum atomic E-state index is 13.2. The SMILES string of the molecule is COc1ccc(Cl)cc1NC(=O)CN1C(=O)NC(C)(c2ccc3c(c2)OCCCO3)C1=O. The molecule has 4 amide bonds. The number of benzene rings is 2. The first-order chi connectivity index (χ1) is 15.3. The number of anilines is 1. The number of nitrogens with one attached hydrogen (secondary N) is 2. The molecule has 4 rings (SSSR count). The summed E-state index contributed by atoms with van der Waals surface area (Å²) in [4.78, 5) is 39.2. The number of hydrogen-bond acceptors (Lipinski definition) is 6. The lowest BCUT2D eigenvalue weighted by Gasteiger charge is -2.23. The van der Waals surface area contributed by atoms with E-state index in [-0.39, 0.29) is 0 Å². The number of amides is 4. The van der Waals surface area contributed by atoms with Crippen molar-refractivity contribution in [1.82, 2.24) is 10.2 Å². The van der Waals surface area contributed by atoms with Crippen LogP contribution in [-0.2, 0) is 15.1 Å². The standard InChI is InChI=1S/C22H22ClN3O6/c1-22(13-4-6-17-18(10-13)32-9-3-8-31-17)20(28)26(21(29)25-22)12-19(27)24-15-11-14(23)5-7-16(15)30-2/h4-7,10-11H,3,8-9,12H2,1-2H3,(H,24,27)(H,25,29). The second-order valence-corrected chi connectivity index (χ2v) is 7.99. The summed E-state index contributed by atoms with van der Waals surface area (Å²) in [5.41, 5.74) is -0.488. The fraction of sp³-hybridized carbons (Fsp3) is 0.318. The lowest BCUT2D eigenvalue weighted by atomic mass is 9.91. The lowest BCUT2D eigenvalue weighted by Crippen LogP contribution is -2.42. The number of ether oxygens (including phenoxy) is 3. The number of hydrogen-bond donors (Lipinski definition) is 2. The van der Waals surface area contributed by atoms with Gasteiger partial charge in [-0.05, 0) is 42.8 Å². The molecule has 1 saturated heterocycles. The molecule has 9 nitrogen and oxygen atoms in total. The van der Waals surface area contributed by atoms with Crippen molar-refractivity contribution in [3.63, 3.8) is 0 Å². The van der Waals surface area contributed by atoms with E-state index < -0.39 is 29.9 Å². The number of carbonyl (C=O) groups excluding carboxylic acids is 3. The number of rotatable bonds is 5. The smallest absolute Gasteiger partial charge is 0.325 e. The van der Waals surface area contributed by atoms with Gasteiger partial charge in [0.1, 0.15) is 17.8 Å². The number of methoxy groups -OCH3 is 1. The second kappa shape index (κ2) is 8.58. The Morgan fingerprint density at radius 2 is 1.94 bits per heavy atom. The van der Waals surface area contributed by atoms with E-state index in [0.717, 1.165) is 11.3 Å². The molecule has 10 heteroatoms. The maximum Gasteiger partial charge on any atom is 0.325 e. The van der Waals surface area contributed by atoms with Gasteiger partial charge < -0.3 is 24.8 Å². The van der Waals surface area contributed by atoms with E-state index in [0.29, 0.717) is 46.7 Å². The van der Waals surface area contributed by atoms with Gasteiger partial charge in [0.2, 0.25) is 5.91 Å². The van der Waals surface area contributed by atoms with Crippen LogP contribution in [0.4, 0.5) is 10.5 Å². The highest BCUT2D eigenvalue weighted by molar-refractivity contribution is 6.31. The Labute approximate surface area is 189 Å². The first kappa shape index (κ1) is 21.8. The molecule has 0 aromatic heterocycles. The molecule has 0 bridgehead atoms. The normalized spacial score (nSPS) is 19.9. The molecule has 168 valence electrons. The zero-order chi connectivity index (χ0) is 22.9. The highest BCUT2D eigenvalue weighted by Gasteiger charge is 2.49. The lowest BCUT2D eigenvalue weighted by molar-refractivity contribution is -0.133. The number of fused-ring (bicyclic) bond motifs is 1. The molecule has 0 spiro atoms. The van der Waals surface area contributed by atoms with Crippen LogP contribution in [0, 0.1) is 0 Å². The second-order valence-electron chi connectivity index (χ2n) is 7.55. The van der Waals surface area contributed by atoms with E-state index in [9.17, 15) is 14.4 Å². The van der Waals surface area contributed by atoms with Gasteiger partial charge >= 0.3 is 6.03 Å². The molecule has 1 fully saturated rings. The third-order valence-corrected chi connectivity index (χ3v) is 5.57. The summed E-state index contributed by atoms with van der Waals surface area (Å²) in [5, 5.41) is 5.71. The molecule has 0 saturated carbocycles. The average Bonchev–Trinajstić information content (AvgIpc) is 2.93. The largest absolute Gasteiger partial charge is 0.495 e. The zero-order valence-corrected chi connectivity index (χ0v) is 18.3. The number of nitrogens with zero attached hydrogens (tertiary/aromatic N) is 1. The van der Waals surface area contributed by atoms with Crippen molar-refractivity contribution in [3.8, 4) is 17.2 Å². The molecule has 1 unspecified atom stereocenters. The first-order valence-corrected chi connectivity index (χ1v) is 10.4. The van der Waals surface area contributed by atoms with Gasteiger partial charge in [0, 0.05) is 11.4 Å². The summed E-state index contributed by atoms with van der Waals surface area (Å²) in [6.45, 7) is 2.15. The highest BCUT2D eigenvalue weighted by Crippen LogP contribution is 2.36. The van der Waals surface area contributed by atoms with Crippen molar-refractivity contribution < 1.29 is 28.6 Å². The minimum atomic E-state index is -1.35. The number of imide groups is 1. The Morgan fingerprint density at radius 3 is 2.69 bits per heavy atom. The van der Waals surface area contributed by atoms with E-state index in [1.807, 2.05) is 0 Å². The van der Waals surface area contributed by atoms with Crippen molar-refractivity contribution >= 4 is 35.1 Å². The monoisotopic (exact) mass is 459 g/mol. The zero-order valence-electron chi connectivity index (χ0n) is 17.6. The van der Waals surface area contributed by atoms with Crippen LogP contribution in [0.5, 0.6) is 17.2 Å². The van der Waals surface area contributed by atoms with Crippen molar-refractivity contribution in [1.29, 1.82) is 0 Å². The van der Waals surface area contributed by atoms with Crippen molar-refractivity contribution in [2.24, 2.45) is 0 Å². The fourth-order valence-electron chi connectivity index (χ4n) is 3.62. The third kappa shape index (κ3) is 4.03. The van der Waals surface area contributed by atoms with Crippen molar-refractivity contribution in [2.45, 2.75) is 18.9 Å². The Hall–Kier alpha value is -3.46. The summed E-state index contributed by atoms with van der Waals surface area (Å²) in [5.74, 6) is 0.366.